The highest BCUT2D eigenvalue weighted by Gasteiger charge is 2.27. The van der Waals surface area contributed by atoms with Gasteiger partial charge in [-0.25, -0.2) is 4.68 Å². The second kappa shape index (κ2) is 9.84. The van der Waals surface area contributed by atoms with E-state index in [0.717, 1.165) is 15.8 Å². The van der Waals surface area contributed by atoms with Crippen LogP contribution in [0.2, 0.25) is 5.02 Å². The molecule has 0 saturated carbocycles. The molecule has 1 heterocycles. The topological polar surface area (TPSA) is 65.4 Å². The predicted octanol–water partition coefficient (Wildman–Crippen LogP) is 5.21. The number of carbonyl (C=O) groups excluding carboxylic acids is 1. The number of aryl methyl sites for hydroxylation is 1. The first-order chi connectivity index (χ1) is 14.7. The van der Waals surface area contributed by atoms with Gasteiger partial charge in [-0.2, -0.15) is 18.3 Å². The highest BCUT2D eigenvalue weighted by molar-refractivity contribution is 6.32. The minimum Gasteiger partial charge on any atom is -0.487 e. The summed E-state index contributed by atoms with van der Waals surface area (Å²) < 4.78 is 47.8. The van der Waals surface area contributed by atoms with Crippen LogP contribution in [0.5, 0.6) is 5.75 Å². The highest BCUT2D eigenvalue weighted by atomic mass is 35.5. The maximum absolute atomic E-state index is 12.5. The van der Waals surface area contributed by atoms with Crippen molar-refractivity contribution in [3.8, 4) is 5.75 Å². The maximum atomic E-state index is 12.5. The summed E-state index contributed by atoms with van der Waals surface area (Å²) in [6.45, 7) is 0.387. The number of carbonyl (C=O) groups is 1. The Hall–Kier alpha value is -3.04. The molecule has 1 amide bonds. The molecule has 0 saturated heterocycles. The number of anilines is 1. The molecule has 1 aromatic heterocycles. The molecule has 0 atom stereocenters. The van der Waals surface area contributed by atoms with Gasteiger partial charge in [-0.05, 0) is 42.3 Å². The predicted molar refractivity (Wildman–Crippen MR) is 109 cm³/mol. The highest BCUT2D eigenvalue weighted by Crippen LogP contribution is 2.26. The van der Waals surface area contributed by atoms with Gasteiger partial charge in [0.05, 0.1) is 23.1 Å². The molecule has 1 N–H and O–H groups in total. The first kappa shape index (κ1) is 22.6. The van der Waals surface area contributed by atoms with E-state index in [1.807, 2.05) is 25.1 Å². The molecule has 0 aliphatic heterocycles. The number of nitrogens with zero attached hydrogens (tertiary/aromatic N) is 2. The third-order valence-corrected chi connectivity index (χ3v) is 4.36. The number of nitrogens with one attached hydrogen (secondary N) is 1. The van der Waals surface area contributed by atoms with Crippen LogP contribution in [-0.4, -0.2) is 28.5 Å². The van der Waals surface area contributed by atoms with Gasteiger partial charge < -0.3 is 14.8 Å². The fourth-order valence-corrected chi connectivity index (χ4v) is 2.81. The number of hydrogen-bond acceptors (Lipinski definition) is 4. The van der Waals surface area contributed by atoms with Crippen molar-refractivity contribution in [3.05, 3.63) is 76.6 Å². The lowest BCUT2D eigenvalue weighted by atomic mass is 10.1. The summed E-state index contributed by atoms with van der Waals surface area (Å²) >= 11 is 6.13. The standard InChI is InChI=1S/C21H19ClF3N3O3/c1-14-5-6-18(22)19(7-14)31-11-15-3-2-4-16(8-15)20(29)27-17-9-26-28(10-17)13-30-12-21(23,24)25/h2-10H,11-13H2,1H3,(H,27,29). The molecule has 0 aliphatic carbocycles. The minimum absolute atomic E-state index is 0.221. The zero-order valence-electron chi connectivity index (χ0n) is 16.4. The van der Waals surface area contributed by atoms with Crippen LogP contribution < -0.4 is 10.1 Å². The number of alkyl halides is 3. The molecule has 0 unspecified atom stereocenters. The third-order valence-electron chi connectivity index (χ3n) is 4.05. The van der Waals surface area contributed by atoms with Crippen molar-refractivity contribution in [1.29, 1.82) is 0 Å². The van der Waals surface area contributed by atoms with Gasteiger partial charge in [0.15, 0.2) is 0 Å². The van der Waals surface area contributed by atoms with E-state index in [0.29, 0.717) is 22.0 Å². The number of benzene rings is 2. The van der Waals surface area contributed by atoms with E-state index < -0.39 is 18.7 Å². The van der Waals surface area contributed by atoms with Crippen LogP contribution in [0.15, 0.2) is 54.9 Å². The minimum atomic E-state index is -4.41. The number of aromatic nitrogens is 2. The van der Waals surface area contributed by atoms with Crippen molar-refractivity contribution in [2.45, 2.75) is 26.4 Å². The molecule has 0 fully saturated rings. The second-order valence-electron chi connectivity index (χ2n) is 6.74. The van der Waals surface area contributed by atoms with Crippen molar-refractivity contribution in [2.75, 3.05) is 11.9 Å². The number of rotatable bonds is 8. The van der Waals surface area contributed by atoms with Gasteiger partial charge in [-0.15, -0.1) is 0 Å². The Morgan fingerprint density at radius 1 is 1.23 bits per heavy atom. The monoisotopic (exact) mass is 453 g/mol. The molecular formula is C21H19ClF3N3O3. The summed E-state index contributed by atoms with van der Waals surface area (Å²) in [4.78, 5) is 12.5. The molecule has 0 radical (unpaired) electrons. The van der Waals surface area contributed by atoms with E-state index in [-0.39, 0.29) is 13.3 Å². The average Bonchev–Trinajstić information content (AvgIpc) is 3.15. The van der Waals surface area contributed by atoms with Crippen LogP contribution in [0.4, 0.5) is 18.9 Å². The Balaban J connectivity index is 1.57. The van der Waals surface area contributed by atoms with E-state index in [1.54, 1.807) is 24.3 Å². The van der Waals surface area contributed by atoms with Gasteiger partial charge in [-0.3, -0.25) is 4.79 Å². The quantitative estimate of drug-likeness (QED) is 0.508. The SMILES string of the molecule is Cc1ccc(Cl)c(OCc2cccc(C(=O)Nc3cnn(COCC(F)(F)F)c3)c2)c1. The zero-order valence-corrected chi connectivity index (χ0v) is 17.2. The van der Waals surface area contributed by atoms with Gasteiger partial charge >= 0.3 is 6.18 Å². The lowest BCUT2D eigenvalue weighted by Gasteiger charge is -2.10. The van der Waals surface area contributed by atoms with Crippen LogP contribution in [0, 0.1) is 6.92 Å². The summed E-state index contributed by atoms with van der Waals surface area (Å²) in [5.74, 6) is 0.155. The van der Waals surface area contributed by atoms with Crippen molar-refractivity contribution >= 4 is 23.2 Å². The summed E-state index contributed by atoms with van der Waals surface area (Å²) in [5.41, 5.74) is 2.49. The second-order valence-corrected chi connectivity index (χ2v) is 7.15. The summed E-state index contributed by atoms with van der Waals surface area (Å²) in [5, 5.41) is 6.99. The van der Waals surface area contributed by atoms with Gasteiger partial charge in [0.25, 0.3) is 5.91 Å². The Bertz CT molecular complexity index is 1050. The van der Waals surface area contributed by atoms with E-state index in [4.69, 9.17) is 16.3 Å². The van der Waals surface area contributed by atoms with Crippen molar-refractivity contribution in [2.24, 2.45) is 0 Å². The molecule has 3 rings (SSSR count). The Morgan fingerprint density at radius 3 is 2.81 bits per heavy atom. The van der Waals surface area contributed by atoms with Crippen LogP contribution in [0.3, 0.4) is 0 Å². The molecule has 3 aromatic rings. The van der Waals surface area contributed by atoms with Crippen LogP contribution in [0.1, 0.15) is 21.5 Å². The van der Waals surface area contributed by atoms with E-state index >= 15 is 0 Å². The molecule has 0 bridgehead atoms. The summed E-state index contributed by atoms with van der Waals surface area (Å²) in [6.07, 6.45) is -1.72. The fourth-order valence-electron chi connectivity index (χ4n) is 2.64. The lowest BCUT2D eigenvalue weighted by Crippen LogP contribution is -2.18. The lowest BCUT2D eigenvalue weighted by molar-refractivity contribution is -0.182. The number of hydrogen-bond donors (Lipinski definition) is 1. The summed E-state index contributed by atoms with van der Waals surface area (Å²) in [6, 6.07) is 12.3. The average molecular weight is 454 g/mol. The molecule has 164 valence electrons. The Morgan fingerprint density at radius 2 is 2.03 bits per heavy atom. The smallest absolute Gasteiger partial charge is 0.411 e. The largest absolute Gasteiger partial charge is 0.487 e. The van der Waals surface area contributed by atoms with E-state index in [2.05, 4.69) is 15.2 Å². The van der Waals surface area contributed by atoms with Gasteiger partial charge in [0.2, 0.25) is 0 Å². The number of halogens is 4. The maximum Gasteiger partial charge on any atom is 0.411 e. The van der Waals surface area contributed by atoms with E-state index in [1.165, 1.54) is 12.4 Å². The normalized spacial score (nSPS) is 11.4. The van der Waals surface area contributed by atoms with Crippen molar-refractivity contribution in [3.63, 3.8) is 0 Å². The number of ether oxygens (including phenoxy) is 2. The summed E-state index contributed by atoms with van der Waals surface area (Å²) in [7, 11) is 0. The van der Waals surface area contributed by atoms with Gasteiger partial charge in [0, 0.05) is 5.56 Å². The molecule has 0 aliphatic rings. The van der Waals surface area contributed by atoms with Crippen LogP contribution >= 0.6 is 11.6 Å². The Kier molecular flexibility index (Phi) is 7.19. The molecule has 2 aromatic carbocycles. The fraction of sp³-hybridized carbons (Fsp3) is 0.238. The Labute approximate surface area is 181 Å². The van der Waals surface area contributed by atoms with Gasteiger partial charge in [0.1, 0.15) is 25.7 Å². The molecule has 31 heavy (non-hydrogen) atoms. The molecular weight excluding hydrogens is 435 g/mol. The first-order valence-electron chi connectivity index (χ1n) is 9.16. The molecule has 10 heteroatoms. The van der Waals surface area contributed by atoms with Crippen LogP contribution in [0.25, 0.3) is 0 Å². The zero-order chi connectivity index (χ0) is 22.4. The number of amides is 1. The third kappa shape index (κ3) is 7.01. The van der Waals surface area contributed by atoms with E-state index in [9.17, 15) is 18.0 Å². The molecule has 6 nitrogen and oxygen atoms in total. The van der Waals surface area contributed by atoms with Crippen LogP contribution in [-0.2, 0) is 18.1 Å². The van der Waals surface area contributed by atoms with Crippen molar-refractivity contribution < 1.29 is 27.4 Å². The molecule has 0 spiro atoms. The van der Waals surface area contributed by atoms with Gasteiger partial charge in [-0.1, -0.05) is 29.8 Å². The van der Waals surface area contributed by atoms with Crippen molar-refractivity contribution in [1.82, 2.24) is 9.78 Å². The first-order valence-corrected chi connectivity index (χ1v) is 9.53.